The predicted octanol–water partition coefficient (Wildman–Crippen LogP) is 1.81. The third-order valence-corrected chi connectivity index (χ3v) is 3.16. The Labute approximate surface area is 114 Å². The lowest BCUT2D eigenvalue weighted by Crippen LogP contribution is -2.22. The molecule has 2 aromatic rings. The van der Waals surface area contributed by atoms with Crippen molar-refractivity contribution < 1.29 is 0 Å². The van der Waals surface area contributed by atoms with E-state index in [4.69, 9.17) is 0 Å². The minimum absolute atomic E-state index is 0.113. The van der Waals surface area contributed by atoms with Gasteiger partial charge in [-0.25, -0.2) is 9.97 Å². The minimum Gasteiger partial charge on any atom is -0.310 e. The van der Waals surface area contributed by atoms with E-state index in [1.165, 1.54) is 5.69 Å². The lowest BCUT2D eigenvalue weighted by atomic mass is 10.1. The first-order chi connectivity index (χ1) is 9.13. The summed E-state index contributed by atoms with van der Waals surface area (Å²) in [6, 6.07) is 2.24. The molecule has 0 saturated carbocycles. The van der Waals surface area contributed by atoms with Crippen molar-refractivity contribution >= 4 is 0 Å². The molecule has 0 aliphatic heterocycles. The van der Waals surface area contributed by atoms with Crippen LogP contribution in [0, 0.1) is 13.8 Å². The maximum absolute atomic E-state index is 4.47. The summed E-state index contributed by atoms with van der Waals surface area (Å²) in [5.74, 6) is 0.828. The van der Waals surface area contributed by atoms with E-state index >= 15 is 0 Å². The molecule has 0 aliphatic rings. The highest BCUT2D eigenvalue weighted by atomic mass is 15.3. The van der Waals surface area contributed by atoms with Gasteiger partial charge in [-0.2, -0.15) is 5.10 Å². The Morgan fingerprint density at radius 1 is 1.26 bits per heavy atom. The number of hydrogen-bond acceptors (Lipinski definition) is 4. The van der Waals surface area contributed by atoms with E-state index in [1.54, 1.807) is 0 Å². The van der Waals surface area contributed by atoms with Gasteiger partial charge >= 0.3 is 0 Å². The van der Waals surface area contributed by atoms with E-state index < -0.39 is 0 Å². The van der Waals surface area contributed by atoms with Crippen LogP contribution in [-0.4, -0.2) is 26.8 Å². The molecule has 2 rings (SSSR count). The van der Waals surface area contributed by atoms with Crippen LogP contribution in [0.1, 0.15) is 35.7 Å². The molecule has 0 bridgehead atoms. The maximum Gasteiger partial charge on any atom is 0.145 e. The molecule has 5 heteroatoms. The Bertz CT molecular complexity index is 529. The van der Waals surface area contributed by atoms with Gasteiger partial charge in [-0.15, -0.1) is 0 Å². The van der Waals surface area contributed by atoms with Crippen LogP contribution >= 0.6 is 0 Å². The average Bonchev–Trinajstić information content (AvgIpc) is 2.77. The molecule has 1 unspecified atom stereocenters. The van der Waals surface area contributed by atoms with Crippen molar-refractivity contribution in [2.75, 3.05) is 7.05 Å². The number of hydrogen-bond donors (Lipinski definition) is 1. The Hall–Kier alpha value is -1.75. The topological polar surface area (TPSA) is 55.6 Å². The molecule has 5 nitrogen and oxygen atoms in total. The fourth-order valence-corrected chi connectivity index (χ4v) is 2.15. The van der Waals surface area contributed by atoms with E-state index in [1.807, 2.05) is 38.0 Å². The van der Waals surface area contributed by atoms with Gasteiger partial charge in [0.1, 0.15) is 5.82 Å². The minimum atomic E-state index is 0.113. The highest BCUT2D eigenvalue weighted by Crippen LogP contribution is 2.15. The summed E-state index contributed by atoms with van der Waals surface area (Å²) in [5.41, 5.74) is 3.34. The molecule has 0 spiro atoms. The van der Waals surface area contributed by atoms with E-state index in [9.17, 15) is 0 Å². The van der Waals surface area contributed by atoms with Crippen LogP contribution in [0.5, 0.6) is 0 Å². The highest BCUT2D eigenvalue weighted by Gasteiger charge is 2.16. The Morgan fingerprint density at radius 3 is 2.53 bits per heavy atom. The first-order valence-electron chi connectivity index (χ1n) is 6.63. The summed E-state index contributed by atoms with van der Waals surface area (Å²) in [6.45, 7) is 7.00. The standard InChI is InChI=1S/C14H21N5/c1-5-19-12(6-11(3)18-19)7-13(15-4)14-16-8-10(2)9-17-14/h6,8-9,13,15H,5,7H2,1-4H3. The zero-order valence-corrected chi connectivity index (χ0v) is 12.0. The van der Waals surface area contributed by atoms with Crippen molar-refractivity contribution in [3.63, 3.8) is 0 Å². The Morgan fingerprint density at radius 2 is 1.95 bits per heavy atom. The SMILES string of the molecule is CCn1nc(C)cc1CC(NC)c1ncc(C)cn1. The largest absolute Gasteiger partial charge is 0.310 e. The molecule has 2 heterocycles. The van der Waals surface area contributed by atoms with Crippen molar-refractivity contribution in [2.24, 2.45) is 0 Å². The molecule has 2 aromatic heterocycles. The van der Waals surface area contributed by atoms with E-state index in [2.05, 4.69) is 33.4 Å². The molecular weight excluding hydrogens is 238 g/mol. The van der Waals surface area contributed by atoms with Crippen LogP contribution in [0.4, 0.5) is 0 Å². The quantitative estimate of drug-likeness (QED) is 0.889. The van der Waals surface area contributed by atoms with Crippen LogP contribution in [0.3, 0.4) is 0 Å². The smallest absolute Gasteiger partial charge is 0.145 e. The molecule has 1 N–H and O–H groups in total. The van der Waals surface area contributed by atoms with Crippen LogP contribution in [0.25, 0.3) is 0 Å². The molecule has 19 heavy (non-hydrogen) atoms. The monoisotopic (exact) mass is 259 g/mol. The highest BCUT2D eigenvalue weighted by molar-refractivity contribution is 5.13. The molecular formula is C14H21N5. The van der Waals surface area contributed by atoms with Gasteiger partial charge < -0.3 is 5.32 Å². The zero-order chi connectivity index (χ0) is 13.8. The van der Waals surface area contributed by atoms with Crippen LogP contribution in [0.2, 0.25) is 0 Å². The van der Waals surface area contributed by atoms with Gasteiger partial charge in [0, 0.05) is 31.1 Å². The number of aromatic nitrogens is 4. The molecule has 0 aromatic carbocycles. The third kappa shape index (κ3) is 3.17. The second-order valence-electron chi connectivity index (χ2n) is 4.76. The third-order valence-electron chi connectivity index (χ3n) is 3.16. The van der Waals surface area contributed by atoms with Gasteiger partial charge in [0.05, 0.1) is 11.7 Å². The molecule has 102 valence electrons. The molecule has 0 radical (unpaired) electrons. The number of nitrogens with one attached hydrogen (secondary N) is 1. The van der Waals surface area contributed by atoms with Crippen molar-refractivity contribution in [1.82, 2.24) is 25.1 Å². The number of likely N-dealkylation sites (N-methyl/N-ethyl adjacent to an activating group) is 1. The summed E-state index contributed by atoms with van der Waals surface area (Å²) in [4.78, 5) is 8.81. The molecule has 0 fully saturated rings. The second-order valence-corrected chi connectivity index (χ2v) is 4.76. The fraction of sp³-hybridized carbons (Fsp3) is 0.500. The number of rotatable bonds is 5. The summed E-state index contributed by atoms with van der Waals surface area (Å²) in [6.07, 6.45) is 4.55. The molecule has 0 aliphatic carbocycles. The Kier molecular flexibility index (Phi) is 4.27. The van der Waals surface area contributed by atoms with Gasteiger partial charge in [-0.05, 0) is 39.4 Å². The summed E-state index contributed by atoms with van der Waals surface area (Å²) >= 11 is 0. The van der Waals surface area contributed by atoms with Crippen molar-refractivity contribution in [2.45, 2.75) is 39.8 Å². The van der Waals surface area contributed by atoms with Crippen molar-refractivity contribution in [3.05, 3.63) is 41.2 Å². The Balaban J connectivity index is 2.21. The maximum atomic E-state index is 4.47. The van der Waals surface area contributed by atoms with Crippen LogP contribution in [-0.2, 0) is 13.0 Å². The van der Waals surface area contributed by atoms with E-state index in [0.717, 1.165) is 30.0 Å². The molecule has 1 atom stereocenters. The number of nitrogens with zero attached hydrogens (tertiary/aromatic N) is 4. The lowest BCUT2D eigenvalue weighted by molar-refractivity contribution is 0.519. The zero-order valence-electron chi connectivity index (χ0n) is 12.0. The fourth-order valence-electron chi connectivity index (χ4n) is 2.15. The molecule has 0 saturated heterocycles. The van der Waals surface area contributed by atoms with E-state index in [0.29, 0.717) is 0 Å². The van der Waals surface area contributed by atoms with Gasteiger partial charge in [0.2, 0.25) is 0 Å². The van der Waals surface area contributed by atoms with Gasteiger partial charge in [-0.3, -0.25) is 4.68 Å². The summed E-state index contributed by atoms with van der Waals surface area (Å²) in [5, 5.41) is 7.75. The van der Waals surface area contributed by atoms with Crippen LogP contribution in [0.15, 0.2) is 18.5 Å². The van der Waals surface area contributed by atoms with Crippen molar-refractivity contribution in [3.8, 4) is 0 Å². The molecule has 0 amide bonds. The van der Waals surface area contributed by atoms with Crippen molar-refractivity contribution in [1.29, 1.82) is 0 Å². The van der Waals surface area contributed by atoms with E-state index in [-0.39, 0.29) is 6.04 Å². The lowest BCUT2D eigenvalue weighted by Gasteiger charge is -2.15. The first-order valence-corrected chi connectivity index (χ1v) is 6.63. The van der Waals surface area contributed by atoms with Gasteiger partial charge in [0.15, 0.2) is 0 Å². The predicted molar refractivity (Wildman–Crippen MR) is 74.9 cm³/mol. The summed E-state index contributed by atoms with van der Waals surface area (Å²) < 4.78 is 2.04. The first kappa shape index (κ1) is 13.7. The normalized spacial score (nSPS) is 12.6. The van der Waals surface area contributed by atoms with Gasteiger partial charge in [0.25, 0.3) is 0 Å². The van der Waals surface area contributed by atoms with Crippen LogP contribution < -0.4 is 5.32 Å². The number of aryl methyl sites for hydroxylation is 3. The summed E-state index contributed by atoms with van der Waals surface area (Å²) in [7, 11) is 1.94. The van der Waals surface area contributed by atoms with Gasteiger partial charge in [-0.1, -0.05) is 0 Å². The second kappa shape index (κ2) is 5.93. The average molecular weight is 259 g/mol.